The van der Waals surface area contributed by atoms with Crippen molar-refractivity contribution in [1.29, 1.82) is 0 Å². The van der Waals surface area contributed by atoms with E-state index in [1.807, 2.05) is 0 Å². The van der Waals surface area contributed by atoms with E-state index in [0.29, 0.717) is 5.13 Å². The number of nitrogens with zero attached hydrogens (tertiary/aromatic N) is 1. The Morgan fingerprint density at radius 1 is 1.12 bits per heavy atom. The first-order chi connectivity index (χ1) is 11.9. The number of carbonyl (C=O) groups is 1. The van der Waals surface area contributed by atoms with E-state index in [-0.39, 0.29) is 16.1 Å². The maximum atomic E-state index is 12.9. The van der Waals surface area contributed by atoms with Gasteiger partial charge in [0.2, 0.25) is 0 Å². The van der Waals surface area contributed by atoms with E-state index in [9.17, 15) is 17.6 Å². The van der Waals surface area contributed by atoms with Gasteiger partial charge in [-0.25, -0.2) is 17.8 Å². The highest BCUT2D eigenvalue weighted by Crippen LogP contribution is 2.19. The molecule has 0 aliphatic carbocycles. The van der Waals surface area contributed by atoms with Gasteiger partial charge in [0, 0.05) is 22.8 Å². The minimum Gasteiger partial charge on any atom is -0.298 e. The fourth-order valence-electron chi connectivity index (χ4n) is 1.99. The van der Waals surface area contributed by atoms with Crippen LogP contribution in [0, 0.1) is 5.82 Å². The number of thiazole rings is 1. The SMILES string of the molecule is O=C(Nc1nccs1)c1cccc(S(=O)(=O)Nc2ccc(F)cc2)c1. The van der Waals surface area contributed by atoms with E-state index >= 15 is 0 Å². The van der Waals surface area contributed by atoms with Gasteiger partial charge in [0.15, 0.2) is 5.13 Å². The molecule has 1 amide bonds. The summed E-state index contributed by atoms with van der Waals surface area (Å²) in [5, 5.41) is 4.71. The molecule has 128 valence electrons. The molecule has 6 nitrogen and oxygen atoms in total. The Hall–Kier alpha value is -2.78. The van der Waals surface area contributed by atoms with Crippen LogP contribution >= 0.6 is 11.3 Å². The fraction of sp³-hybridized carbons (Fsp3) is 0. The van der Waals surface area contributed by atoms with Crippen molar-refractivity contribution < 1.29 is 17.6 Å². The van der Waals surface area contributed by atoms with Crippen LogP contribution in [-0.4, -0.2) is 19.3 Å². The first-order valence-electron chi connectivity index (χ1n) is 7.03. The Balaban J connectivity index is 1.82. The van der Waals surface area contributed by atoms with Crippen LogP contribution in [0.15, 0.2) is 65.0 Å². The lowest BCUT2D eigenvalue weighted by molar-refractivity contribution is 0.102. The van der Waals surface area contributed by atoms with Crippen molar-refractivity contribution in [3.05, 3.63) is 71.5 Å². The van der Waals surface area contributed by atoms with Gasteiger partial charge >= 0.3 is 0 Å². The molecule has 3 aromatic rings. The maximum Gasteiger partial charge on any atom is 0.261 e. The second kappa shape index (κ2) is 6.99. The lowest BCUT2D eigenvalue weighted by Gasteiger charge is -2.09. The Labute approximate surface area is 147 Å². The second-order valence-corrected chi connectivity index (χ2v) is 7.51. The van der Waals surface area contributed by atoms with Crippen LogP contribution in [0.4, 0.5) is 15.2 Å². The van der Waals surface area contributed by atoms with E-state index in [2.05, 4.69) is 15.0 Å². The van der Waals surface area contributed by atoms with Gasteiger partial charge < -0.3 is 0 Å². The number of rotatable bonds is 5. The zero-order chi connectivity index (χ0) is 17.9. The predicted octanol–water partition coefficient (Wildman–Crippen LogP) is 3.34. The Morgan fingerprint density at radius 3 is 2.56 bits per heavy atom. The highest BCUT2D eigenvalue weighted by molar-refractivity contribution is 7.92. The molecule has 0 saturated heterocycles. The van der Waals surface area contributed by atoms with Gasteiger partial charge in [0.05, 0.1) is 4.90 Å². The van der Waals surface area contributed by atoms with E-state index in [1.165, 1.54) is 47.7 Å². The van der Waals surface area contributed by atoms with Crippen molar-refractivity contribution in [2.45, 2.75) is 4.90 Å². The van der Waals surface area contributed by atoms with Crippen molar-refractivity contribution in [2.75, 3.05) is 10.0 Å². The first kappa shape index (κ1) is 17.1. The minimum absolute atomic E-state index is 0.0800. The second-order valence-electron chi connectivity index (χ2n) is 4.93. The molecule has 0 spiro atoms. The summed E-state index contributed by atoms with van der Waals surface area (Å²) in [6, 6.07) is 10.5. The molecule has 1 heterocycles. The van der Waals surface area contributed by atoms with Crippen LogP contribution in [-0.2, 0) is 10.0 Å². The Kier molecular flexibility index (Phi) is 4.77. The molecule has 0 radical (unpaired) electrons. The third-order valence-electron chi connectivity index (χ3n) is 3.16. The summed E-state index contributed by atoms with van der Waals surface area (Å²) in [5.74, 6) is -0.933. The van der Waals surface area contributed by atoms with Crippen LogP contribution in [0.25, 0.3) is 0 Å². The van der Waals surface area contributed by atoms with Crippen LogP contribution in [0.1, 0.15) is 10.4 Å². The van der Waals surface area contributed by atoms with Gasteiger partial charge in [-0.1, -0.05) is 6.07 Å². The van der Waals surface area contributed by atoms with Gasteiger partial charge in [-0.15, -0.1) is 11.3 Å². The molecule has 0 atom stereocenters. The van der Waals surface area contributed by atoms with Crippen LogP contribution in [0.5, 0.6) is 0 Å². The number of halogens is 1. The van der Waals surface area contributed by atoms with Crippen molar-refractivity contribution in [1.82, 2.24) is 4.98 Å². The number of nitrogens with one attached hydrogen (secondary N) is 2. The maximum absolute atomic E-state index is 12.9. The molecule has 2 aromatic carbocycles. The molecule has 1 aromatic heterocycles. The monoisotopic (exact) mass is 377 g/mol. The zero-order valence-corrected chi connectivity index (χ0v) is 14.3. The lowest BCUT2D eigenvalue weighted by Crippen LogP contribution is -2.15. The summed E-state index contributed by atoms with van der Waals surface area (Å²) in [7, 11) is -3.91. The third kappa shape index (κ3) is 4.20. The molecule has 0 bridgehead atoms. The van der Waals surface area contributed by atoms with Crippen molar-refractivity contribution >= 4 is 38.1 Å². The van der Waals surface area contributed by atoms with Crippen molar-refractivity contribution in [2.24, 2.45) is 0 Å². The molecule has 0 aliphatic rings. The lowest BCUT2D eigenvalue weighted by atomic mass is 10.2. The smallest absolute Gasteiger partial charge is 0.261 e. The topological polar surface area (TPSA) is 88.2 Å². The van der Waals surface area contributed by atoms with Crippen molar-refractivity contribution in [3.8, 4) is 0 Å². The molecule has 0 saturated carbocycles. The van der Waals surface area contributed by atoms with E-state index < -0.39 is 21.7 Å². The third-order valence-corrected chi connectivity index (χ3v) is 5.22. The number of benzene rings is 2. The van der Waals surface area contributed by atoms with Crippen LogP contribution < -0.4 is 10.0 Å². The summed E-state index contributed by atoms with van der Waals surface area (Å²) in [6.07, 6.45) is 1.55. The Morgan fingerprint density at radius 2 is 1.88 bits per heavy atom. The summed E-state index contributed by atoms with van der Waals surface area (Å²) >= 11 is 1.25. The summed E-state index contributed by atoms with van der Waals surface area (Å²) in [5.41, 5.74) is 0.399. The normalized spacial score (nSPS) is 11.1. The van der Waals surface area contributed by atoms with Crippen LogP contribution in [0.2, 0.25) is 0 Å². The number of aromatic nitrogens is 1. The standard InChI is InChI=1S/C16H12FN3O3S2/c17-12-4-6-13(7-5-12)20-25(22,23)14-3-1-2-11(10-14)15(21)19-16-18-8-9-24-16/h1-10,20H,(H,18,19,21). The first-order valence-corrected chi connectivity index (χ1v) is 9.40. The molecule has 25 heavy (non-hydrogen) atoms. The molecule has 2 N–H and O–H groups in total. The molecular formula is C16H12FN3O3S2. The Bertz CT molecular complexity index is 988. The number of amides is 1. The highest BCUT2D eigenvalue weighted by Gasteiger charge is 2.17. The van der Waals surface area contributed by atoms with E-state index in [1.54, 1.807) is 11.6 Å². The van der Waals surface area contributed by atoms with Crippen molar-refractivity contribution in [3.63, 3.8) is 0 Å². The van der Waals surface area contributed by atoms with Gasteiger partial charge in [0.25, 0.3) is 15.9 Å². The minimum atomic E-state index is -3.91. The fourth-order valence-corrected chi connectivity index (χ4v) is 3.62. The highest BCUT2D eigenvalue weighted by atomic mass is 32.2. The van der Waals surface area contributed by atoms with Gasteiger partial charge in [-0.05, 0) is 42.5 Å². The molecular weight excluding hydrogens is 365 g/mol. The largest absolute Gasteiger partial charge is 0.298 e. The summed E-state index contributed by atoms with van der Waals surface area (Å²) in [4.78, 5) is 16.0. The number of carbonyl (C=O) groups excluding carboxylic acids is 1. The number of hydrogen-bond acceptors (Lipinski definition) is 5. The number of anilines is 2. The molecule has 0 fully saturated rings. The molecule has 0 unspecified atom stereocenters. The average molecular weight is 377 g/mol. The number of sulfonamides is 1. The van der Waals surface area contributed by atoms with Gasteiger partial charge in [-0.3, -0.25) is 14.8 Å². The summed E-state index contributed by atoms with van der Waals surface area (Å²) < 4.78 is 40.1. The number of hydrogen-bond donors (Lipinski definition) is 2. The quantitative estimate of drug-likeness (QED) is 0.714. The van der Waals surface area contributed by atoms with Crippen LogP contribution in [0.3, 0.4) is 0 Å². The predicted molar refractivity (Wildman–Crippen MR) is 93.7 cm³/mol. The average Bonchev–Trinajstić information content (AvgIpc) is 3.10. The summed E-state index contributed by atoms with van der Waals surface area (Å²) in [6.45, 7) is 0. The zero-order valence-electron chi connectivity index (χ0n) is 12.6. The molecule has 9 heteroatoms. The van der Waals surface area contributed by atoms with Gasteiger partial charge in [-0.2, -0.15) is 0 Å². The molecule has 3 rings (SSSR count). The molecule has 0 aliphatic heterocycles. The van der Waals surface area contributed by atoms with E-state index in [0.717, 1.165) is 12.1 Å². The van der Waals surface area contributed by atoms with Gasteiger partial charge in [0.1, 0.15) is 5.82 Å². The van der Waals surface area contributed by atoms with E-state index in [4.69, 9.17) is 0 Å².